The molecule has 27 heavy (non-hydrogen) atoms. The maximum Gasteiger partial charge on any atom is 0.317 e. The van der Waals surface area contributed by atoms with Crippen molar-refractivity contribution < 1.29 is 9.59 Å². The van der Waals surface area contributed by atoms with Gasteiger partial charge in [0.25, 0.3) is 0 Å². The summed E-state index contributed by atoms with van der Waals surface area (Å²) in [5.74, 6) is 0.579. The van der Waals surface area contributed by atoms with Gasteiger partial charge in [-0.05, 0) is 43.2 Å². The van der Waals surface area contributed by atoms with Gasteiger partial charge in [0.15, 0.2) is 0 Å². The number of rotatable bonds is 3. The number of likely N-dealkylation sites (N-methyl/N-ethyl adjacent to an activating group) is 1. The lowest BCUT2D eigenvalue weighted by atomic mass is 9.68. The number of piperidine rings is 2. The van der Waals surface area contributed by atoms with Crippen LogP contribution in [0.4, 0.5) is 4.79 Å². The average Bonchev–Trinajstić information content (AvgIpc) is 2.66. The van der Waals surface area contributed by atoms with E-state index in [2.05, 4.69) is 47.6 Å². The first kappa shape index (κ1) is 19.7. The second kappa shape index (κ2) is 8.30. The molecule has 1 N–H and O–H groups in total. The highest BCUT2D eigenvalue weighted by molar-refractivity contribution is 5.83. The molecule has 2 aliphatic rings. The number of urea groups is 1. The topological polar surface area (TPSA) is 55.9 Å². The molecule has 0 radical (unpaired) electrons. The zero-order chi connectivity index (χ0) is 19.4. The number of benzene rings is 1. The average molecular weight is 373 g/mol. The number of amides is 3. The van der Waals surface area contributed by atoms with Crippen LogP contribution in [0.2, 0.25) is 0 Å². The maximum atomic E-state index is 12.4. The second-order valence-electron chi connectivity index (χ2n) is 8.44. The molecular formula is C21H32N4O2. The van der Waals surface area contributed by atoms with Gasteiger partial charge in [0.1, 0.15) is 0 Å². The predicted octanol–water partition coefficient (Wildman–Crippen LogP) is 1.99. The van der Waals surface area contributed by atoms with Crippen LogP contribution < -0.4 is 5.32 Å². The van der Waals surface area contributed by atoms with Gasteiger partial charge in [0.2, 0.25) is 5.91 Å². The molecule has 2 fully saturated rings. The van der Waals surface area contributed by atoms with Gasteiger partial charge in [0, 0.05) is 40.3 Å². The summed E-state index contributed by atoms with van der Waals surface area (Å²) >= 11 is 0. The Kier molecular flexibility index (Phi) is 6.05. The van der Waals surface area contributed by atoms with E-state index in [1.54, 1.807) is 14.1 Å². The van der Waals surface area contributed by atoms with Crippen LogP contribution >= 0.6 is 0 Å². The summed E-state index contributed by atoms with van der Waals surface area (Å²) < 4.78 is 0. The van der Waals surface area contributed by atoms with Crippen molar-refractivity contribution in [1.29, 1.82) is 0 Å². The molecular weight excluding hydrogens is 340 g/mol. The fraction of sp³-hybridized carbons (Fsp3) is 0.619. The van der Waals surface area contributed by atoms with Crippen LogP contribution in [0.5, 0.6) is 0 Å². The van der Waals surface area contributed by atoms with E-state index < -0.39 is 0 Å². The van der Waals surface area contributed by atoms with Crippen molar-refractivity contribution in [1.82, 2.24) is 20.0 Å². The third kappa shape index (κ3) is 4.80. The summed E-state index contributed by atoms with van der Waals surface area (Å²) in [6.45, 7) is 3.86. The summed E-state index contributed by atoms with van der Waals surface area (Å²) in [4.78, 5) is 29.9. The number of likely N-dealkylation sites (tertiary alicyclic amines) is 2. The third-order valence-corrected chi connectivity index (χ3v) is 6.06. The minimum Gasteiger partial charge on any atom is -0.341 e. The van der Waals surface area contributed by atoms with Crippen LogP contribution in [0.15, 0.2) is 30.3 Å². The Hall–Kier alpha value is -2.08. The van der Waals surface area contributed by atoms with Crippen LogP contribution in [0, 0.1) is 5.41 Å². The summed E-state index contributed by atoms with van der Waals surface area (Å²) in [7, 11) is 5.56. The van der Waals surface area contributed by atoms with Gasteiger partial charge >= 0.3 is 6.03 Å². The normalized spacial score (nSPS) is 22.5. The molecule has 0 aromatic heterocycles. The van der Waals surface area contributed by atoms with Crippen molar-refractivity contribution in [3.63, 3.8) is 0 Å². The smallest absolute Gasteiger partial charge is 0.317 e. The molecule has 1 unspecified atom stereocenters. The first-order valence-corrected chi connectivity index (χ1v) is 9.85. The zero-order valence-corrected chi connectivity index (χ0v) is 16.8. The van der Waals surface area contributed by atoms with Crippen molar-refractivity contribution in [2.24, 2.45) is 5.41 Å². The molecule has 3 amide bonds. The summed E-state index contributed by atoms with van der Waals surface area (Å²) in [5.41, 5.74) is 1.71. The molecule has 6 heteroatoms. The van der Waals surface area contributed by atoms with Gasteiger partial charge in [-0.25, -0.2) is 4.79 Å². The Morgan fingerprint density at radius 2 is 1.85 bits per heavy atom. The van der Waals surface area contributed by atoms with Crippen molar-refractivity contribution >= 4 is 11.9 Å². The lowest BCUT2D eigenvalue weighted by Gasteiger charge is -2.49. The zero-order valence-electron chi connectivity index (χ0n) is 16.8. The molecule has 3 rings (SSSR count). The predicted molar refractivity (Wildman–Crippen MR) is 107 cm³/mol. The van der Waals surface area contributed by atoms with Gasteiger partial charge in [0.05, 0.1) is 6.54 Å². The Labute approximate surface area is 162 Å². The molecule has 1 atom stereocenters. The second-order valence-corrected chi connectivity index (χ2v) is 8.44. The molecule has 0 aliphatic carbocycles. The van der Waals surface area contributed by atoms with E-state index in [4.69, 9.17) is 0 Å². The van der Waals surface area contributed by atoms with Gasteiger partial charge < -0.3 is 20.0 Å². The van der Waals surface area contributed by atoms with E-state index in [0.29, 0.717) is 5.92 Å². The van der Waals surface area contributed by atoms with Crippen LogP contribution in [0.3, 0.4) is 0 Å². The first-order chi connectivity index (χ1) is 12.9. The van der Waals surface area contributed by atoms with E-state index in [9.17, 15) is 9.59 Å². The molecule has 1 spiro atoms. The highest BCUT2D eigenvalue weighted by atomic mass is 16.2. The van der Waals surface area contributed by atoms with Crippen molar-refractivity contribution in [2.75, 3.05) is 53.9 Å². The number of carbonyl (C=O) groups excluding carboxylic acids is 2. The molecule has 0 saturated carbocycles. The van der Waals surface area contributed by atoms with Crippen molar-refractivity contribution in [3.8, 4) is 0 Å². The third-order valence-electron chi connectivity index (χ3n) is 6.06. The number of hydrogen-bond acceptors (Lipinski definition) is 3. The minimum absolute atomic E-state index is 0.0174. The fourth-order valence-electron chi connectivity index (χ4n) is 4.63. The minimum atomic E-state index is -0.226. The number of hydrogen-bond donors (Lipinski definition) is 1. The molecule has 2 aliphatic heterocycles. The SMILES string of the molecule is CN1CC(c2ccccc2)CC2(CCN(C(=O)CNC(=O)N(C)C)CC2)C1. The van der Waals surface area contributed by atoms with Gasteiger partial charge in [-0.15, -0.1) is 0 Å². The van der Waals surface area contributed by atoms with Gasteiger partial charge in [-0.2, -0.15) is 0 Å². The number of carbonyl (C=O) groups is 2. The Balaban J connectivity index is 1.57. The molecule has 148 valence electrons. The number of nitrogens with zero attached hydrogens (tertiary/aromatic N) is 3. The van der Waals surface area contributed by atoms with Crippen LogP contribution in [-0.4, -0.2) is 80.5 Å². The van der Waals surface area contributed by atoms with Crippen LogP contribution in [-0.2, 0) is 4.79 Å². The lowest BCUT2D eigenvalue weighted by Crippen LogP contribution is -2.53. The van der Waals surface area contributed by atoms with Gasteiger partial charge in [-0.1, -0.05) is 30.3 Å². The molecule has 6 nitrogen and oxygen atoms in total. The van der Waals surface area contributed by atoms with Gasteiger partial charge in [-0.3, -0.25) is 4.79 Å². The lowest BCUT2D eigenvalue weighted by molar-refractivity contribution is -0.133. The van der Waals surface area contributed by atoms with Crippen LogP contribution in [0.25, 0.3) is 0 Å². The monoisotopic (exact) mass is 372 g/mol. The first-order valence-electron chi connectivity index (χ1n) is 9.85. The Morgan fingerprint density at radius 1 is 1.19 bits per heavy atom. The van der Waals surface area contributed by atoms with Crippen molar-refractivity contribution in [3.05, 3.63) is 35.9 Å². The van der Waals surface area contributed by atoms with Crippen molar-refractivity contribution in [2.45, 2.75) is 25.2 Å². The quantitative estimate of drug-likeness (QED) is 0.883. The number of nitrogens with one attached hydrogen (secondary N) is 1. The van der Waals surface area contributed by atoms with E-state index in [-0.39, 0.29) is 23.9 Å². The molecule has 0 bridgehead atoms. The summed E-state index contributed by atoms with van der Waals surface area (Å²) in [6, 6.07) is 10.6. The largest absolute Gasteiger partial charge is 0.341 e. The van der Waals surface area contributed by atoms with E-state index in [0.717, 1.165) is 39.0 Å². The van der Waals surface area contributed by atoms with E-state index in [1.807, 2.05) is 4.90 Å². The van der Waals surface area contributed by atoms with E-state index in [1.165, 1.54) is 16.9 Å². The van der Waals surface area contributed by atoms with E-state index >= 15 is 0 Å². The highest BCUT2D eigenvalue weighted by Crippen LogP contribution is 2.44. The fourth-order valence-corrected chi connectivity index (χ4v) is 4.63. The Bertz CT molecular complexity index is 653. The molecule has 2 saturated heterocycles. The standard InChI is InChI=1S/C21H32N4O2/c1-23(2)20(27)22-14-19(26)25-11-9-21(10-12-25)13-18(15-24(3)16-21)17-7-5-4-6-8-17/h4-8,18H,9-16H2,1-3H3,(H,22,27). The highest BCUT2D eigenvalue weighted by Gasteiger charge is 2.42. The summed E-state index contributed by atoms with van der Waals surface area (Å²) in [6.07, 6.45) is 3.27. The summed E-state index contributed by atoms with van der Waals surface area (Å²) in [5, 5.41) is 2.67. The van der Waals surface area contributed by atoms with Crippen LogP contribution in [0.1, 0.15) is 30.7 Å². The molecule has 1 aromatic rings. The molecule has 1 aromatic carbocycles. The molecule has 2 heterocycles. The maximum absolute atomic E-state index is 12.4. The Morgan fingerprint density at radius 3 is 2.48 bits per heavy atom.